The molecule has 0 saturated heterocycles. The molecule has 0 saturated carbocycles. The molecular weight excluding hydrogens is 266 g/mol. The van der Waals surface area contributed by atoms with E-state index in [2.05, 4.69) is 5.32 Å². The largest absolute Gasteiger partial charge is 0.480 e. The summed E-state index contributed by atoms with van der Waals surface area (Å²) in [6, 6.07) is 15.4. The molecule has 4 heteroatoms. The van der Waals surface area contributed by atoms with Gasteiger partial charge in [-0.05, 0) is 24.1 Å². The van der Waals surface area contributed by atoms with Crippen molar-refractivity contribution in [2.75, 3.05) is 0 Å². The molecule has 0 spiro atoms. The maximum atomic E-state index is 12.2. The average molecular weight is 283 g/mol. The fourth-order valence-corrected chi connectivity index (χ4v) is 2.11. The van der Waals surface area contributed by atoms with E-state index < -0.39 is 12.0 Å². The lowest BCUT2D eigenvalue weighted by atomic mass is 10.0. The first-order valence-corrected chi connectivity index (χ1v) is 6.71. The van der Waals surface area contributed by atoms with Crippen LogP contribution in [-0.4, -0.2) is 23.0 Å². The lowest BCUT2D eigenvalue weighted by Crippen LogP contribution is -2.42. The minimum absolute atomic E-state index is 0.258. The van der Waals surface area contributed by atoms with E-state index in [-0.39, 0.29) is 12.3 Å². The third-order valence-corrected chi connectivity index (χ3v) is 3.28. The molecule has 0 unspecified atom stereocenters. The monoisotopic (exact) mass is 283 g/mol. The molecule has 108 valence electrons. The Bertz CT molecular complexity index is 637. The Hall–Kier alpha value is -2.62. The van der Waals surface area contributed by atoms with E-state index in [1.165, 1.54) is 0 Å². The lowest BCUT2D eigenvalue weighted by molar-refractivity contribution is -0.139. The van der Waals surface area contributed by atoms with Crippen LogP contribution in [0.4, 0.5) is 0 Å². The molecule has 0 aliphatic heterocycles. The van der Waals surface area contributed by atoms with Crippen LogP contribution in [0, 0.1) is 6.92 Å². The van der Waals surface area contributed by atoms with Crippen molar-refractivity contribution in [2.24, 2.45) is 0 Å². The highest BCUT2D eigenvalue weighted by atomic mass is 16.4. The molecule has 0 bridgehead atoms. The van der Waals surface area contributed by atoms with Gasteiger partial charge in [0.15, 0.2) is 0 Å². The van der Waals surface area contributed by atoms with Crippen LogP contribution in [0.5, 0.6) is 0 Å². The summed E-state index contributed by atoms with van der Waals surface area (Å²) in [5, 5.41) is 11.9. The van der Waals surface area contributed by atoms with Crippen molar-refractivity contribution in [2.45, 2.75) is 19.4 Å². The van der Waals surface area contributed by atoms with E-state index in [4.69, 9.17) is 0 Å². The van der Waals surface area contributed by atoms with E-state index in [9.17, 15) is 14.7 Å². The minimum atomic E-state index is -1.04. The van der Waals surface area contributed by atoms with Crippen molar-refractivity contribution in [1.29, 1.82) is 0 Å². The molecule has 0 aliphatic rings. The third kappa shape index (κ3) is 3.92. The number of carbonyl (C=O) groups excluding carboxylic acids is 1. The fraction of sp³-hybridized carbons (Fsp3) is 0.176. The highest BCUT2D eigenvalue weighted by molar-refractivity contribution is 5.97. The van der Waals surface area contributed by atoms with Crippen molar-refractivity contribution in [3.63, 3.8) is 0 Å². The summed E-state index contributed by atoms with van der Waals surface area (Å²) in [4.78, 5) is 23.5. The Labute approximate surface area is 123 Å². The Morgan fingerprint density at radius 1 is 1.05 bits per heavy atom. The van der Waals surface area contributed by atoms with Crippen molar-refractivity contribution in [3.8, 4) is 0 Å². The second-order valence-corrected chi connectivity index (χ2v) is 4.87. The van der Waals surface area contributed by atoms with Crippen molar-refractivity contribution in [1.82, 2.24) is 5.32 Å². The van der Waals surface area contributed by atoms with Crippen LogP contribution >= 0.6 is 0 Å². The Kier molecular flexibility index (Phi) is 4.72. The van der Waals surface area contributed by atoms with Crippen LogP contribution in [0.25, 0.3) is 0 Å². The van der Waals surface area contributed by atoms with Gasteiger partial charge in [-0.15, -0.1) is 0 Å². The molecule has 2 aromatic carbocycles. The van der Waals surface area contributed by atoms with Crippen LogP contribution in [0.3, 0.4) is 0 Å². The molecule has 21 heavy (non-hydrogen) atoms. The summed E-state index contributed by atoms with van der Waals surface area (Å²) in [6.45, 7) is 1.82. The number of carbonyl (C=O) groups is 2. The number of amides is 1. The van der Waals surface area contributed by atoms with Crippen LogP contribution in [0.2, 0.25) is 0 Å². The van der Waals surface area contributed by atoms with Gasteiger partial charge in [-0.25, -0.2) is 4.79 Å². The zero-order valence-electron chi connectivity index (χ0n) is 11.7. The van der Waals surface area contributed by atoms with Gasteiger partial charge in [0.25, 0.3) is 5.91 Å². The van der Waals surface area contributed by atoms with Gasteiger partial charge in [0.2, 0.25) is 0 Å². The highest BCUT2D eigenvalue weighted by Crippen LogP contribution is 2.09. The maximum absolute atomic E-state index is 12.2. The summed E-state index contributed by atoms with van der Waals surface area (Å²) in [5.41, 5.74) is 2.19. The van der Waals surface area contributed by atoms with E-state index >= 15 is 0 Å². The number of hydrogen-bond acceptors (Lipinski definition) is 2. The molecule has 1 amide bonds. The van der Waals surface area contributed by atoms with Crippen molar-refractivity contribution in [3.05, 3.63) is 71.3 Å². The standard InChI is InChI=1S/C17H17NO3/c1-12-7-5-6-10-14(12)16(19)18-15(17(20)21)11-13-8-3-2-4-9-13/h2-10,15H,11H2,1H3,(H,18,19)(H,20,21)/t15-/m1/s1. The molecule has 0 heterocycles. The molecule has 0 aromatic heterocycles. The first kappa shape index (κ1) is 14.8. The van der Waals surface area contributed by atoms with Crippen LogP contribution in [0.15, 0.2) is 54.6 Å². The first-order chi connectivity index (χ1) is 10.1. The Morgan fingerprint density at radius 3 is 2.29 bits per heavy atom. The van der Waals surface area contributed by atoms with Gasteiger partial charge in [-0.3, -0.25) is 4.79 Å². The van der Waals surface area contributed by atoms with Gasteiger partial charge in [0.1, 0.15) is 6.04 Å². The number of carboxylic acids is 1. The predicted molar refractivity (Wildman–Crippen MR) is 80.2 cm³/mol. The molecular formula is C17H17NO3. The number of aliphatic carboxylic acids is 1. The first-order valence-electron chi connectivity index (χ1n) is 6.71. The maximum Gasteiger partial charge on any atom is 0.326 e. The summed E-state index contributed by atoms with van der Waals surface area (Å²) >= 11 is 0. The topological polar surface area (TPSA) is 66.4 Å². The van der Waals surface area contributed by atoms with Crippen LogP contribution in [0.1, 0.15) is 21.5 Å². The molecule has 2 N–H and O–H groups in total. The summed E-state index contributed by atoms with van der Waals surface area (Å²) in [7, 11) is 0. The van der Waals surface area contributed by atoms with Gasteiger partial charge in [0, 0.05) is 12.0 Å². The molecule has 0 fully saturated rings. The smallest absolute Gasteiger partial charge is 0.326 e. The zero-order chi connectivity index (χ0) is 15.2. The number of aryl methyl sites for hydroxylation is 1. The fourth-order valence-electron chi connectivity index (χ4n) is 2.11. The summed E-state index contributed by atoms with van der Waals surface area (Å²) < 4.78 is 0. The number of carboxylic acid groups (broad SMARTS) is 1. The van der Waals surface area contributed by atoms with Gasteiger partial charge >= 0.3 is 5.97 Å². The van der Waals surface area contributed by atoms with E-state index in [1.54, 1.807) is 12.1 Å². The molecule has 1 atom stereocenters. The predicted octanol–water partition coefficient (Wildman–Crippen LogP) is 2.42. The summed E-state index contributed by atoms with van der Waals surface area (Å²) in [5.74, 6) is -1.41. The molecule has 2 aromatic rings. The third-order valence-electron chi connectivity index (χ3n) is 3.28. The number of nitrogens with one attached hydrogen (secondary N) is 1. The Balaban J connectivity index is 2.12. The van der Waals surface area contributed by atoms with E-state index in [0.29, 0.717) is 5.56 Å². The average Bonchev–Trinajstić information content (AvgIpc) is 2.48. The van der Waals surface area contributed by atoms with E-state index in [1.807, 2.05) is 49.4 Å². The molecule has 2 rings (SSSR count). The minimum Gasteiger partial charge on any atom is -0.480 e. The zero-order valence-corrected chi connectivity index (χ0v) is 11.7. The quantitative estimate of drug-likeness (QED) is 0.885. The molecule has 4 nitrogen and oxygen atoms in total. The summed E-state index contributed by atoms with van der Waals surface area (Å²) in [6.07, 6.45) is 0.258. The number of benzene rings is 2. The van der Waals surface area contributed by atoms with Crippen molar-refractivity contribution < 1.29 is 14.7 Å². The van der Waals surface area contributed by atoms with Crippen LogP contribution < -0.4 is 5.32 Å². The van der Waals surface area contributed by atoms with Gasteiger partial charge in [-0.1, -0.05) is 48.5 Å². The van der Waals surface area contributed by atoms with Crippen molar-refractivity contribution >= 4 is 11.9 Å². The lowest BCUT2D eigenvalue weighted by Gasteiger charge is -2.15. The van der Waals surface area contributed by atoms with E-state index in [0.717, 1.165) is 11.1 Å². The van der Waals surface area contributed by atoms with Gasteiger partial charge in [-0.2, -0.15) is 0 Å². The molecule has 0 radical (unpaired) electrons. The SMILES string of the molecule is Cc1ccccc1C(=O)N[C@H](Cc1ccccc1)C(=O)O. The number of hydrogen-bond donors (Lipinski definition) is 2. The normalized spacial score (nSPS) is 11.7. The van der Waals surface area contributed by atoms with Gasteiger partial charge < -0.3 is 10.4 Å². The number of rotatable bonds is 5. The second kappa shape index (κ2) is 6.70. The highest BCUT2D eigenvalue weighted by Gasteiger charge is 2.21. The van der Waals surface area contributed by atoms with Gasteiger partial charge in [0.05, 0.1) is 0 Å². The molecule has 0 aliphatic carbocycles. The Morgan fingerprint density at radius 2 is 1.67 bits per heavy atom. The van der Waals surface area contributed by atoms with Crippen LogP contribution in [-0.2, 0) is 11.2 Å². The second-order valence-electron chi connectivity index (χ2n) is 4.87.